The maximum atomic E-state index is 10.1. The van der Waals surface area contributed by atoms with E-state index < -0.39 is 11.7 Å². The molecule has 2 rings (SSSR count). The van der Waals surface area contributed by atoms with Gasteiger partial charge < -0.3 is 10.2 Å². The van der Waals surface area contributed by atoms with Crippen LogP contribution in [-0.2, 0) is 0 Å². The third-order valence-corrected chi connectivity index (χ3v) is 3.88. The van der Waals surface area contributed by atoms with E-state index in [9.17, 15) is 10.2 Å². The Hall–Kier alpha value is 0.210. The van der Waals surface area contributed by atoms with Crippen molar-refractivity contribution < 1.29 is 10.2 Å². The van der Waals surface area contributed by atoms with E-state index in [4.69, 9.17) is 11.6 Å². The first kappa shape index (κ1) is 8.79. The van der Waals surface area contributed by atoms with E-state index in [1.54, 1.807) is 0 Å². The second-order valence-electron chi connectivity index (χ2n) is 4.24. The summed E-state index contributed by atoms with van der Waals surface area (Å²) in [4.78, 5) is 0. The molecule has 2 bridgehead atoms. The van der Waals surface area contributed by atoms with Crippen molar-refractivity contribution >= 4 is 11.6 Å². The first-order valence-electron chi connectivity index (χ1n) is 4.63. The molecule has 3 heteroatoms. The van der Waals surface area contributed by atoms with Crippen molar-refractivity contribution in [1.29, 1.82) is 0 Å². The molecule has 70 valence electrons. The number of rotatable bonds is 2. The Morgan fingerprint density at radius 3 is 2.67 bits per heavy atom. The third kappa shape index (κ3) is 1.09. The van der Waals surface area contributed by atoms with Crippen LogP contribution in [0.15, 0.2) is 0 Å². The van der Waals surface area contributed by atoms with Gasteiger partial charge in [0.1, 0.15) is 0 Å². The molecule has 0 aromatic heterocycles. The Balaban J connectivity index is 2.12. The van der Waals surface area contributed by atoms with Crippen molar-refractivity contribution in [2.75, 3.05) is 5.88 Å². The van der Waals surface area contributed by atoms with Crippen LogP contribution in [0.3, 0.4) is 0 Å². The molecule has 0 heterocycles. The standard InChI is InChI=1S/C9H15ClO2/c10-5-8(11)9(12)4-6-1-2-7(9)3-6/h6-8,11-12H,1-5H2/t6?,7?,8-,9?/m1/s1. The van der Waals surface area contributed by atoms with Crippen LogP contribution in [0.4, 0.5) is 0 Å². The van der Waals surface area contributed by atoms with Gasteiger partial charge in [-0.15, -0.1) is 11.6 Å². The summed E-state index contributed by atoms with van der Waals surface area (Å²) in [6.07, 6.45) is 3.40. The Labute approximate surface area is 77.5 Å². The van der Waals surface area contributed by atoms with Gasteiger partial charge >= 0.3 is 0 Å². The average molecular weight is 191 g/mol. The molecule has 0 saturated heterocycles. The van der Waals surface area contributed by atoms with Gasteiger partial charge in [0.05, 0.1) is 17.6 Å². The second kappa shape index (κ2) is 2.86. The van der Waals surface area contributed by atoms with Crippen LogP contribution in [0.2, 0.25) is 0 Å². The number of hydrogen-bond acceptors (Lipinski definition) is 2. The monoisotopic (exact) mass is 190 g/mol. The van der Waals surface area contributed by atoms with E-state index in [1.807, 2.05) is 0 Å². The molecule has 4 atom stereocenters. The van der Waals surface area contributed by atoms with Crippen molar-refractivity contribution in [1.82, 2.24) is 0 Å². The smallest absolute Gasteiger partial charge is 0.0964 e. The maximum absolute atomic E-state index is 10.1. The fraction of sp³-hybridized carbons (Fsp3) is 1.00. The van der Waals surface area contributed by atoms with Gasteiger partial charge in [0.25, 0.3) is 0 Å². The molecule has 12 heavy (non-hydrogen) atoms. The SMILES string of the molecule is O[C@H](CCl)C1(O)CC2CCC1C2. The Bertz CT molecular complexity index is 185. The van der Waals surface area contributed by atoms with E-state index in [2.05, 4.69) is 0 Å². The Morgan fingerprint density at radius 2 is 2.25 bits per heavy atom. The highest BCUT2D eigenvalue weighted by molar-refractivity contribution is 6.18. The topological polar surface area (TPSA) is 40.5 Å². The van der Waals surface area contributed by atoms with Crippen LogP contribution in [0.5, 0.6) is 0 Å². The normalized spacial score (nSPS) is 48.2. The highest BCUT2D eigenvalue weighted by Gasteiger charge is 2.53. The number of halogens is 1. The molecule has 2 N–H and O–H groups in total. The molecule has 0 aromatic carbocycles. The predicted octanol–water partition coefficient (Wildman–Crippen LogP) is 1.14. The lowest BCUT2D eigenvalue weighted by atomic mass is 9.80. The van der Waals surface area contributed by atoms with Gasteiger partial charge in [0, 0.05) is 0 Å². The third-order valence-electron chi connectivity index (χ3n) is 3.59. The van der Waals surface area contributed by atoms with E-state index in [0.29, 0.717) is 11.8 Å². The molecule has 0 aromatic rings. The Morgan fingerprint density at radius 1 is 1.50 bits per heavy atom. The molecule has 2 saturated carbocycles. The van der Waals surface area contributed by atoms with Gasteiger partial charge in [-0.05, 0) is 37.5 Å². The van der Waals surface area contributed by atoms with Crippen LogP contribution in [0.25, 0.3) is 0 Å². The summed E-state index contributed by atoms with van der Waals surface area (Å²) in [7, 11) is 0. The lowest BCUT2D eigenvalue weighted by Gasteiger charge is -2.35. The number of hydrogen-bond donors (Lipinski definition) is 2. The highest BCUT2D eigenvalue weighted by atomic mass is 35.5. The minimum Gasteiger partial charge on any atom is -0.389 e. The minimum absolute atomic E-state index is 0.153. The summed E-state index contributed by atoms with van der Waals surface area (Å²) < 4.78 is 0. The van der Waals surface area contributed by atoms with Crippen molar-refractivity contribution in [3.8, 4) is 0 Å². The van der Waals surface area contributed by atoms with E-state index in [-0.39, 0.29) is 5.88 Å². The molecule has 0 radical (unpaired) electrons. The van der Waals surface area contributed by atoms with Crippen LogP contribution in [-0.4, -0.2) is 27.8 Å². The maximum Gasteiger partial charge on any atom is 0.0964 e. The molecule has 2 aliphatic carbocycles. The highest BCUT2D eigenvalue weighted by Crippen LogP contribution is 2.52. The average Bonchev–Trinajstić information content (AvgIpc) is 2.62. The number of aliphatic hydroxyl groups excluding tert-OH is 1. The van der Waals surface area contributed by atoms with Crippen molar-refractivity contribution in [3.05, 3.63) is 0 Å². The van der Waals surface area contributed by atoms with Crippen molar-refractivity contribution in [2.24, 2.45) is 11.8 Å². The van der Waals surface area contributed by atoms with Gasteiger partial charge in [-0.2, -0.15) is 0 Å². The summed E-state index contributed by atoms with van der Waals surface area (Å²) in [5.41, 5.74) is -0.856. The molecule has 2 fully saturated rings. The lowest BCUT2D eigenvalue weighted by Crippen LogP contribution is -2.47. The van der Waals surface area contributed by atoms with Gasteiger partial charge in [0.2, 0.25) is 0 Å². The van der Waals surface area contributed by atoms with E-state index in [1.165, 1.54) is 6.42 Å². The molecule has 2 nitrogen and oxygen atoms in total. The molecular formula is C9H15ClO2. The molecule has 0 aliphatic heterocycles. The summed E-state index contributed by atoms with van der Waals surface area (Å²) in [5.74, 6) is 1.09. The second-order valence-corrected chi connectivity index (χ2v) is 4.55. The van der Waals surface area contributed by atoms with Crippen LogP contribution < -0.4 is 0 Å². The zero-order valence-electron chi connectivity index (χ0n) is 7.04. The van der Waals surface area contributed by atoms with Crippen LogP contribution in [0, 0.1) is 11.8 Å². The van der Waals surface area contributed by atoms with Gasteiger partial charge in [-0.3, -0.25) is 0 Å². The van der Waals surface area contributed by atoms with E-state index in [0.717, 1.165) is 19.3 Å². The van der Waals surface area contributed by atoms with Crippen LogP contribution >= 0.6 is 11.6 Å². The summed E-state index contributed by atoms with van der Waals surface area (Å²) >= 11 is 5.55. The van der Waals surface area contributed by atoms with Gasteiger partial charge in [-0.25, -0.2) is 0 Å². The first-order valence-corrected chi connectivity index (χ1v) is 5.16. The lowest BCUT2D eigenvalue weighted by molar-refractivity contribution is -0.0999. The summed E-state index contributed by atoms with van der Waals surface area (Å²) in [6, 6.07) is 0. The van der Waals surface area contributed by atoms with E-state index >= 15 is 0 Å². The molecule has 2 aliphatic rings. The van der Waals surface area contributed by atoms with Crippen molar-refractivity contribution in [3.63, 3.8) is 0 Å². The largest absolute Gasteiger partial charge is 0.389 e. The molecule has 3 unspecified atom stereocenters. The molecule has 0 amide bonds. The molecular weight excluding hydrogens is 176 g/mol. The Kier molecular flexibility index (Phi) is 2.10. The number of fused-ring (bicyclic) bond motifs is 2. The zero-order valence-corrected chi connectivity index (χ0v) is 7.80. The number of alkyl halides is 1. The van der Waals surface area contributed by atoms with Gasteiger partial charge in [0.15, 0.2) is 0 Å². The first-order chi connectivity index (χ1) is 5.66. The van der Waals surface area contributed by atoms with Crippen LogP contribution in [0.1, 0.15) is 25.7 Å². The fourth-order valence-electron chi connectivity index (χ4n) is 2.89. The minimum atomic E-state index is -0.856. The zero-order chi connectivity index (χ0) is 8.77. The summed E-state index contributed by atoms with van der Waals surface area (Å²) in [6.45, 7) is 0. The fourth-order valence-corrected chi connectivity index (χ4v) is 3.15. The number of aliphatic hydroxyl groups is 2. The van der Waals surface area contributed by atoms with Gasteiger partial charge in [-0.1, -0.05) is 0 Å². The van der Waals surface area contributed by atoms with Crippen molar-refractivity contribution in [2.45, 2.75) is 37.4 Å². The molecule has 0 spiro atoms. The predicted molar refractivity (Wildman–Crippen MR) is 47.1 cm³/mol. The summed E-state index contributed by atoms with van der Waals surface area (Å²) in [5, 5.41) is 19.7. The quantitative estimate of drug-likeness (QED) is 0.642.